The molecule has 0 saturated heterocycles. The second-order valence-corrected chi connectivity index (χ2v) is 3.81. The number of amides is 1. The number of aliphatic imine (C=N–C) groups is 1. The first kappa shape index (κ1) is 12.2. The van der Waals surface area contributed by atoms with Gasteiger partial charge < -0.3 is 9.80 Å². The predicted molar refractivity (Wildman–Crippen MR) is 64.1 cm³/mol. The van der Waals surface area contributed by atoms with Gasteiger partial charge in [-0.25, -0.2) is 9.98 Å². The number of hydrogen-bond donors (Lipinski definition) is 0. The summed E-state index contributed by atoms with van der Waals surface area (Å²) in [7, 11) is 7.17. The van der Waals surface area contributed by atoms with E-state index in [9.17, 15) is 4.79 Å². The highest BCUT2D eigenvalue weighted by Gasteiger charge is 2.07. The lowest BCUT2D eigenvalue weighted by molar-refractivity contribution is 0.0827. The molecule has 1 rings (SSSR count). The maximum Gasteiger partial charge on any atom is 0.253 e. The largest absolute Gasteiger partial charge is 0.369 e. The van der Waals surface area contributed by atoms with Crippen LogP contribution in [0.1, 0.15) is 10.4 Å². The van der Waals surface area contributed by atoms with E-state index >= 15 is 0 Å². The Morgan fingerprint density at radius 2 is 2.06 bits per heavy atom. The molecule has 1 heterocycles. The van der Waals surface area contributed by atoms with Crippen LogP contribution in [0.3, 0.4) is 0 Å². The molecule has 1 amide bonds. The summed E-state index contributed by atoms with van der Waals surface area (Å²) in [5.41, 5.74) is 0.589. The molecule has 1 aromatic rings. The Kier molecular flexibility index (Phi) is 3.99. The van der Waals surface area contributed by atoms with Gasteiger partial charge in [0.1, 0.15) is 0 Å². The van der Waals surface area contributed by atoms with Crippen LogP contribution in [-0.2, 0) is 0 Å². The van der Waals surface area contributed by atoms with Crippen LogP contribution in [-0.4, -0.2) is 55.2 Å². The van der Waals surface area contributed by atoms with E-state index < -0.39 is 0 Å². The summed E-state index contributed by atoms with van der Waals surface area (Å²) in [5.74, 6) is 0.477. The van der Waals surface area contributed by atoms with Crippen LogP contribution in [0.2, 0.25) is 0 Å². The minimum absolute atomic E-state index is 0.0521. The lowest BCUT2D eigenvalue weighted by Gasteiger charge is -2.09. The van der Waals surface area contributed by atoms with E-state index in [1.165, 1.54) is 4.90 Å². The average Bonchev–Trinajstić information content (AvgIpc) is 2.25. The van der Waals surface area contributed by atoms with Crippen molar-refractivity contribution in [3.05, 3.63) is 23.9 Å². The third kappa shape index (κ3) is 3.34. The lowest BCUT2D eigenvalue weighted by Crippen LogP contribution is -2.21. The van der Waals surface area contributed by atoms with E-state index in [1.807, 2.05) is 19.0 Å². The first-order valence-corrected chi connectivity index (χ1v) is 4.89. The number of carbonyl (C=O) groups is 1. The van der Waals surface area contributed by atoms with Gasteiger partial charge in [0.25, 0.3) is 5.91 Å². The molecule has 5 nitrogen and oxygen atoms in total. The molecule has 1 aromatic heterocycles. The zero-order chi connectivity index (χ0) is 12.1. The number of hydrogen-bond acceptors (Lipinski definition) is 3. The van der Waals surface area contributed by atoms with Gasteiger partial charge in [-0.1, -0.05) is 0 Å². The highest BCUT2D eigenvalue weighted by Crippen LogP contribution is 2.10. The van der Waals surface area contributed by atoms with Crippen LogP contribution in [0.15, 0.2) is 23.3 Å². The molecule has 0 unspecified atom stereocenters. The van der Waals surface area contributed by atoms with Gasteiger partial charge in [-0.15, -0.1) is 0 Å². The van der Waals surface area contributed by atoms with Gasteiger partial charge in [0, 0.05) is 40.0 Å². The standard InChI is InChI=1S/C11H16N4O/c1-14(2)8-13-10-7-9(5-6-12-10)11(16)15(3)4/h5-8H,1-4H3/b13-8+. The highest BCUT2D eigenvalue weighted by atomic mass is 16.2. The van der Waals surface area contributed by atoms with Crippen molar-refractivity contribution >= 4 is 18.1 Å². The van der Waals surface area contributed by atoms with E-state index in [-0.39, 0.29) is 5.91 Å². The van der Waals surface area contributed by atoms with Crippen molar-refractivity contribution in [1.82, 2.24) is 14.8 Å². The average molecular weight is 220 g/mol. The van der Waals surface area contributed by atoms with E-state index in [0.717, 1.165) is 0 Å². The second kappa shape index (κ2) is 5.25. The summed E-state index contributed by atoms with van der Waals surface area (Å²) in [4.78, 5) is 23.2. The van der Waals surface area contributed by atoms with Gasteiger partial charge in [-0.05, 0) is 12.1 Å². The third-order valence-electron chi connectivity index (χ3n) is 1.82. The molecule has 0 aliphatic heterocycles. The maximum absolute atomic E-state index is 11.7. The summed E-state index contributed by atoms with van der Waals surface area (Å²) in [6.07, 6.45) is 3.23. The van der Waals surface area contributed by atoms with E-state index in [4.69, 9.17) is 0 Å². The summed E-state index contributed by atoms with van der Waals surface area (Å²) in [6, 6.07) is 3.35. The summed E-state index contributed by atoms with van der Waals surface area (Å²) < 4.78 is 0. The molecule has 5 heteroatoms. The van der Waals surface area contributed by atoms with Gasteiger partial charge in [0.2, 0.25) is 0 Å². The molecule has 86 valence electrons. The first-order valence-electron chi connectivity index (χ1n) is 4.89. The normalized spacial score (nSPS) is 10.5. The number of carbonyl (C=O) groups excluding carboxylic acids is 1. The molecule has 0 aromatic carbocycles. The Bertz CT molecular complexity index is 399. The molecule has 0 N–H and O–H groups in total. The summed E-state index contributed by atoms with van der Waals surface area (Å²) >= 11 is 0. The highest BCUT2D eigenvalue weighted by molar-refractivity contribution is 5.94. The van der Waals surface area contributed by atoms with Crippen molar-refractivity contribution in [3.8, 4) is 0 Å². The fraction of sp³-hybridized carbons (Fsp3) is 0.364. The molecule has 0 bridgehead atoms. The molecular formula is C11H16N4O. The Hall–Kier alpha value is -1.91. The SMILES string of the molecule is CN(C)/C=N/c1cc(C(=O)N(C)C)ccn1. The van der Waals surface area contributed by atoms with E-state index in [2.05, 4.69) is 9.98 Å². The zero-order valence-corrected chi connectivity index (χ0v) is 10.0. The van der Waals surface area contributed by atoms with E-state index in [1.54, 1.807) is 38.8 Å². The van der Waals surface area contributed by atoms with Crippen LogP contribution in [0.4, 0.5) is 5.82 Å². The van der Waals surface area contributed by atoms with E-state index in [0.29, 0.717) is 11.4 Å². The molecule has 0 spiro atoms. The van der Waals surface area contributed by atoms with Crippen LogP contribution in [0.25, 0.3) is 0 Å². The van der Waals surface area contributed by atoms with Gasteiger partial charge in [0.05, 0.1) is 6.34 Å². The van der Waals surface area contributed by atoms with Crippen LogP contribution in [0, 0.1) is 0 Å². The maximum atomic E-state index is 11.7. The number of nitrogens with zero attached hydrogens (tertiary/aromatic N) is 4. The van der Waals surface area contributed by atoms with Crippen LogP contribution in [0.5, 0.6) is 0 Å². The topological polar surface area (TPSA) is 48.8 Å². The smallest absolute Gasteiger partial charge is 0.253 e. The van der Waals surface area contributed by atoms with Crippen molar-refractivity contribution in [3.63, 3.8) is 0 Å². The molecule has 0 aliphatic rings. The second-order valence-electron chi connectivity index (χ2n) is 3.81. The third-order valence-corrected chi connectivity index (χ3v) is 1.82. The van der Waals surface area contributed by atoms with Crippen LogP contribution >= 0.6 is 0 Å². The Balaban J connectivity index is 2.91. The first-order chi connectivity index (χ1) is 7.50. The molecular weight excluding hydrogens is 204 g/mol. The van der Waals surface area contributed by atoms with Crippen molar-refractivity contribution < 1.29 is 4.79 Å². The monoisotopic (exact) mass is 220 g/mol. The minimum Gasteiger partial charge on any atom is -0.369 e. The van der Waals surface area contributed by atoms with Gasteiger partial charge in [-0.3, -0.25) is 4.79 Å². The minimum atomic E-state index is -0.0521. The number of pyridine rings is 1. The molecule has 0 fully saturated rings. The molecule has 0 saturated carbocycles. The van der Waals surface area contributed by atoms with Crippen LogP contribution < -0.4 is 0 Å². The lowest BCUT2D eigenvalue weighted by atomic mass is 10.2. The van der Waals surface area contributed by atoms with Crippen molar-refractivity contribution in [2.45, 2.75) is 0 Å². The van der Waals surface area contributed by atoms with Crippen molar-refractivity contribution in [2.75, 3.05) is 28.2 Å². The summed E-state index contributed by atoms with van der Waals surface area (Å²) in [5, 5.41) is 0. The molecule has 0 radical (unpaired) electrons. The van der Waals surface area contributed by atoms with Crippen molar-refractivity contribution in [2.24, 2.45) is 4.99 Å². The number of rotatable bonds is 3. The number of aromatic nitrogens is 1. The van der Waals surface area contributed by atoms with Crippen molar-refractivity contribution in [1.29, 1.82) is 0 Å². The Morgan fingerprint density at radius 3 is 2.62 bits per heavy atom. The summed E-state index contributed by atoms with van der Waals surface area (Å²) in [6.45, 7) is 0. The van der Waals surface area contributed by atoms with Gasteiger partial charge in [0.15, 0.2) is 5.82 Å². The molecule has 0 aliphatic carbocycles. The van der Waals surface area contributed by atoms with Gasteiger partial charge >= 0.3 is 0 Å². The zero-order valence-electron chi connectivity index (χ0n) is 10.0. The quantitative estimate of drug-likeness (QED) is 0.564. The molecule has 16 heavy (non-hydrogen) atoms. The van der Waals surface area contributed by atoms with Gasteiger partial charge in [-0.2, -0.15) is 0 Å². The fourth-order valence-electron chi connectivity index (χ4n) is 1.05. The Morgan fingerprint density at radius 1 is 1.38 bits per heavy atom. The Labute approximate surface area is 95.4 Å². The molecule has 0 atom stereocenters. The predicted octanol–water partition coefficient (Wildman–Crippen LogP) is 1.00. The fourth-order valence-corrected chi connectivity index (χ4v) is 1.05.